The molecule has 1 unspecified atom stereocenters. The maximum Gasteiger partial charge on any atom is 0.161 e. The highest BCUT2D eigenvalue weighted by molar-refractivity contribution is 5.99. The molecule has 2 fully saturated rings. The SMILES string of the molecule is C=C1C[C@H]2[C@H](C=CCC(C)(O)COCC)[C@H](O)C[C@@H]2C1=O. The summed E-state index contributed by atoms with van der Waals surface area (Å²) in [5.41, 5.74) is -0.205. The van der Waals surface area contributed by atoms with Gasteiger partial charge in [-0.3, -0.25) is 4.79 Å². The third kappa shape index (κ3) is 3.62. The minimum atomic E-state index is -0.898. The molecule has 2 aliphatic carbocycles. The Morgan fingerprint density at radius 3 is 2.90 bits per heavy atom. The van der Waals surface area contributed by atoms with Gasteiger partial charge in [-0.15, -0.1) is 0 Å². The zero-order valence-corrected chi connectivity index (χ0v) is 12.9. The molecule has 0 heterocycles. The molecule has 0 aromatic carbocycles. The van der Waals surface area contributed by atoms with E-state index in [-0.39, 0.29) is 23.5 Å². The number of carbonyl (C=O) groups is 1. The summed E-state index contributed by atoms with van der Waals surface area (Å²) in [4.78, 5) is 11.9. The van der Waals surface area contributed by atoms with Gasteiger partial charge in [-0.05, 0) is 44.6 Å². The first-order valence-corrected chi connectivity index (χ1v) is 7.72. The van der Waals surface area contributed by atoms with E-state index in [0.717, 1.165) is 0 Å². The Labute approximate surface area is 126 Å². The smallest absolute Gasteiger partial charge is 0.161 e. The standard InChI is InChI=1S/C17H26O4/c1-4-21-10-17(3,20)7-5-6-12-13-8-11(2)16(19)14(13)9-15(12)18/h5-6,12-15,18,20H,2,4,7-10H2,1,3H3/t12-,13-,14-,15+,17?/m0/s1. The fraction of sp³-hybridized carbons (Fsp3) is 0.706. The number of fused-ring (bicyclic) bond motifs is 1. The maximum atomic E-state index is 11.9. The summed E-state index contributed by atoms with van der Waals surface area (Å²) in [7, 11) is 0. The molecule has 0 amide bonds. The second-order valence-electron chi connectivity index (χ2n) is 6.59. The summed E-state index contributed by atoms with van der Waals surface area (Å²) in [6.07, 6.45) is 5.09. The number of hydrogen-bond acceptors (Lipinski definition) is 4. The molecule has 5 atom stereocenters. The van der Waals surface area contributed by atoms with Gasteiger partial charge in [-0.25, -0.2) is 0 Å². The molecule has 2 saturated carbocycles. The van der Waals surface area contributed by atoms with Crippen molar-refractivity contribution in [2.75, 3.05) is 13.2 Å². The highest BCUT2D eigenvalue weighted by atomic mass is 16.5. The molecule has 4 heteroatoms. The fourth-order valence-corrected chi connectivity index (χ4v) is 3.50. The van der Waals surface area contributed by atoms with E-state index in [9.17, 15) is 15.0 Å². The molecule has 2 N–H and O–H groups in total. The predicted octanol–water partition coefficient (Wildman–Crippen LogP) is 1.86. The van der Waals surface area contributed by atoms with Crippen molar-refractivity contribution < 1.29 is 19.7 Å². The van der Waals surface area contributed by atoms with E-state index >= 15 is 0 Å². The Hall–Kier alpha value is -0.970. The van der Waals surface area contributed by atoms with Crippen molar-refractivity contribution in [1.29, 1.82) is 0 Å². The third-order valence-electron chi connectivity index (χ3n) is 4.65. The molecule has 0 saturated heterocycles. The number of aliphatic hydroxyl groups is 2. The number of ether oxygens (including phenoxy) is 1. The Morgan fingerprint density at radius 1 is 1.52 bits per heavy atom. The van der Waals surface area contributed by atoms with Crippen LogP contribution in [0.2, 0.25) is 0 Å². The van der Waals surface area contributed by atoms with E-state index in [4.69, 9.17) is 4.74 Å². The minimum Gasteiger partial charge on any atom is -0.392 e. The van der Waals surface area contributed by atoms with Gasteiger partial charge in [0, 0.05) is 18.4 Å². The van der Waals surface area contributed by atoms with Gasteiger partial charge in [0.05, 0.1) is 18.3 Å². The van der Waals surface area contributed by atoms with E-state index < -0.39 is 11.7 Å². The minimum absolute atomic E-state index is 0.0129. The lowest BCUT2D eigenvalue weighted by Gasteiger charge is -2.22. The van der Waals surface area contributed by atoms with Crippen LogP contribution >= 0.6 is 0 Å². The molecule has 0 bridgehead atoms. The summed E-state index contributed by atoms with van der Waals surface area (Å²) < 4.78 is 5.25. The first kappa shape index (κ1) is 16.4. The van der Waals surface area contributed by atoms with E-state index in [1.165, 1.54) is 0 Å². The van der Waals surface area contributed by atoms with Crippen LogP contribution in [0, 0.1) is 17.8 Å². The summed E-state index contributed by atoms with van der Waals surface area (Å²) in [6, 6.07) is 0. The highest BCUT2D eigenvalue weighted by Gasteiger charge is 2.49. The summed E-state index contributed by atoms with van der Waals surface area (Å²) in [5.74, 6) is 0.221. The fourth-order valence-electron chi connectivity index (χ4n) is 3.50. The highest BCUT2D eigenvalue weighted by Crippen LogP contribution is 2.48. The van der Waals surface area contributed by atoms with Crippen LogP contribution in [0.1, 0.15) is 33.1 Å². The van der Waals surface area contributed by atoms with E-state index in [0.29, 0.717) is 38.0 Å². The van der Waals surface area contributed by atoms with Crippen LogP contribution in [-0.2, 0) is 9.53 Å². The van der Waals surface area contributed by atoms with Crippen molar-refractivity contribution >= 4 is 5.78 Å². The Bertz CT molecular complexity index is 438. The topological polar surface area (TPSA) is 66.8 Å². The van der Waals surface area contributed by atoms with Crippen LogP contribution in [-0.4, -0.2) is 40.9 Å². The van der Waals surface area contributed by atoms with Crippen molar-refractivity contribution in [3.63, 3.8) is 0 Å². The molecule has 0 radical (unpaired) electrons. The predicted molar refractivity (Wildman–Crippen MR) is 80.7 cm³/mol. The lowest BCUT2D eigenvalue weighted by molar-refractivity contribution is -0.118. The second kappa shape index (κ2) is 6.42. The van der Waals surface area contributed by atoms with Crippen LogP contribution in [0.15, 0.2) is 24.3 Å². The molecular formula is C17H26O4. The number of ketones is 1. The quantitative estimate of drug-likeness (QED) is 0.579. The molecule has 0 aromatic heterocycles. The Kier molecular flexibility index (Phi) is 5.02. The molecular weight excluding hydrogens is 268 g/mol. The van der Waals surface area contributed by atoms with Crippen LogP contribution < -0.4 is 0 Å². The number of Topliss-reactive ketones (excluding diaryl/α,β-unsaturated/α-hetero) is 1. The van der Waals surface area contributed by atoms with Gasteiger partial charge in [0.25, 0.3) is 0 Å². The monoisotopic (exact) mass is 294 g/mol. The van der Waals surface area contributed by atoms with Crippen molar-refractivity contribution in [1.82, 2.24) is 0 Å². The molecule has 2 rings (SSSR count). The van der Waals surface area contributed by atoms with Crippen LogP contribution in [0.5, 0.6) is 0 Å². The van der Waals surface area contributed by atoms with Crippen molar-refractivity contribution in [3.8, 4) is 0 Å². The second-order valence-corrected chi connectivity index (χ2v) is 6.59. The molecule has 0 aliphatic heterocycles. The normalized spacial score (nSPS) is 35.4. The van der Waals surface area contributed by atoms with E-state index in [2.05, 4.69) is 6.58 Å². The van der Waals surface area contributed by atoms with Gasteiger partial charge in [0.2, 0.25) is 0 Å². The zero-order chi connectivity index (χ0) is 15.6. The van der Waals surface area contributed by atoms with Gasteiger partial charge < -0.3 is 14.9 Å². The summed E-state index contributed by atoms with van der Waals surface area (Å²) >= 11 is 0. The Morgan fingerprint density at radius 2 is 2.24 bits per heavy atom. The molecule has 4 nitrogen and oxygen atoms in total. The summed E-state index contributed by atoms with van der Waals surface area (Å²) in [5, 5.41) is 20.3. The van der Waals surface area contributed by atoms with Crippen LogP contribution in [0.25, 0.3) is 0 Å². The van der Waals surface area contributed by atoms with Crippen molar-refractivity contribution in [2.24, 2.45) is 17.8 Å². The van der Waals surface area contributed by atoms with Crippen molar-refractivity contribution in [3.05, 3.63) is 24.3 Å². The average Bonchev–Trinajstić information content (AvgIpc) is 2.86. The molecule has 0 spiro atoms. The third-order valence-corrected chi connectivity index (χ3v) is 4.65. The van der Waals surface area contributed by atoms with Gasteiger partial charge in [-0.1, -0.05) is 18.7 Å². The summed E-state index contributed by atoms with van der Waals surface area (Å²) in [6.45, 7) is 8.32. The molecule has 2 aliphatic rings. The molecule has 0 aromatic rings. The molecule has 118 valence electrons. The van der Waals surface area contributed by atoms with E-state index in [1.807, 2.05) is 19.1 Å². The van der Waals surface area contributed by atoms with Crippen LogP contribution in [0.4, 0.5) is 0 Å². The Balaban J connectivity index is 1.94. The lowest BCUT2D eigenvalue weighted by Crippen LogP contribution is -2.30. The lowest BCUT2D eigenvalue weighted by atomic mass is 9.90. The largest absolute Gasteiger partial charge is 0.392 e. The van der Waals surface area contributed by atoms with E-state index in [1.54, 1.807) is 6.92 Å². The maximum absolute atomic E-state index is 11.9. The van der Waals surface area contributed by atoms with Gasteiger partial charge >= 0.3 is 0 Å². The van der Waals surface area contributed by atoms with Gasteiger partial charge in [0.15, 0.2) is 5.78 Å². The first-order valence-electron chi connectivity index (χ1n) is 7.72. The number of carbonyl (C=O) groups excluding carboxylic acids is 1. The zero-order valence-electron chi connectivity index (χ0n) is 12.9. The van der Waals surface area contributed by atoms with Crippen molar-refractivity contribution in [2.45, 2.75) is 44.8 Å². The number of hydrogen-bond donors (Lipinski definition) is 2. The first-order chi connectivity index (χ1) is 9.85. The van der Waals surface area contributed by atoms with Gasteiger partial charge in [0.1, 0.15) is 0 Å². The molecule has 21 heavy (non-hydrogen) atoms. The number of allylic oxidation sites excluding steroid dienone is 1. The van der Waals surface area contributed by atoms with Gasteiger partial charge in [-0.2, -0.15) is 0 Å². The van der Waals surface area contributed by atoms with Crippen LogP contribution in [0.3, 0.4) is 0 Å². The number of rotatable bonds is 6. The average molecular weight is 294 g/mol. The number of aliphatic hydroxyl groups excluding tert-OH is 1.